The van der Waals surface area contributed by atoms with Gasteiger partial charge in [-0.3, -0.25) is 0 Å². The molecule has 2 aliphatic heterocycles. The summed E-state index contributed by atoms with van der Waals surface area (Å²) in [5.74, 6) is 2.01. The van der Waals surface area contributed by atoms with E-state index in [4.69, 9.17) is 4.74 Å². The van der Waals surface area contributed by atoms with E-state index in [0.29, 0.717) is 0 Å². The molecule has 0 amide bonds. The van der Waals surface area contributed by atoms with Crippen molar-refractivity contribution < 1.29 is 9.31 Å². The van der Waals surface area contributed by atoms with Crippen LogP contribution in [0.15, 0.2) is 102 Å². The molecule has 182 valence electrons. The molecule has 4 rings (SSSR count). The van der Waals surface area contributed by atoms with E-state index in [-0.39, 0.29) is 16.4 Å². The fraction of sp³-hybridized carbons (Fsp3) is 0.364. The zero-order valence-corrected chi connectivity index (χ0v) is 22.9. The molecule has 0 aliphatic carbocycles. The van der Waals surface area contributed by atoms with E-state index in [1.807, 2.05) is 0 Å². The van der Waals surface area contributed by atoms with Crippen molar-refractivity contribution in [2.45, 2.75) is 67.9 Å². The van der Waals surface area contributed by atoms with Crippen LogP contribution in [0.4, 0.5) is 0 Å². The Hall–Kier alpha value is -3.13. The molecule has 2 heterocycles. The maximum Gasteiger partial charge on any atom is 0.221 e. The van der Waals surface area contributed by atoms with E-state index >= 15 is 0 Å². The first kappa shape index (κ1) is 25.0. The summed E-state index contributed by atoms with van der Waals surface area (Å²) in [5.41, 5.74) is 7.02. The quantitative estimate of drug-likeness (QED) is 0.404. The summed E-state index contributed by atoms with van der Waals surface area (Å²) in [5, 5.41) is 0. The second-order valence-electron chi connectivity index (χ2n) is 12.6. The molecule has 2 nitrogen and oxygen atoms in total. The molecule has 2 aliphatic rings. The fourth-order valence-corrected chi connectivity index (χ4v) is 4.53. The predicted molar refractivity (Wildman–Crippen MR) is 148 cm³/mol. The van der Waals surface area contributed by atoms with E-state index in [1.165, 1.54) is 33.7 Å². The molecule has 2 heteroatoms. The number of hydrogen-bond acceptors (Lipinski definition) is 1. The monoisotopic (exact) mass is 466 g/mol. The molecule has 35 heavy (non-hydrogen) atoms. The first-order chi connectivity index (χ1) is 16.3. The molecule has 0 N–H and O–H groups in total. The van der Waals surface area contributed by atoms with E-state index in [1.54, 1.807) is 0 Å². The summed E-state index contributed by atoms with van der Waals surface area (Å²) < 4.78 is 9.00. The van der Waals surface area contributed by atoms with Crippen LogP contribution in [0.1, 0.15) is 73.4 Å². The van der Waals surface area contributed by atoms with Gasteiger partial charge in [0, 0.05) is 43.2 Å². The van der Waals surface area contributed by atoms with E-state index in [0.717, 1.165) is 11.5 Å². The highest BCUT2D eigenvalue weighted by Gasteiger charge is 2.42. The third-order valence-corrected chi connectivity index (χ3v) is 6.37. The Bertz CT molecular complexity index is 1230. The smallest absolute Gasteiger partial charge is 0.221 e. The van der Waals surface area contributed by atoms with Gasteiger partial charge in [0.1, 0.15) is 11.5 Å². The minimum absolute atomic E-state index is 0.0975. The number of benzene rings is 2. The van der Waals surface area contributed by atoms with Crippen molar-refractivity contribution in [1.82, 2.24) is 0 Å². The Labute approximate surface area is 212 Å². The minimum Gasteiger partial charge on any atom is -0.465 e. The van der Waals surface area contributed by atoms with Gasteiger partial charge in [0.25, 0.3) is 0 Å². The Kier molecular flexibility index (Phi) is 6.30. The molecule has 2 aromatic carbocycles. The van der Waals surface area contributed by atoms with Crippen molar-refractivity contribution >= 4 is 11.3 Å². The molecule has 0 fully saturated rings. The van der Waals surface area contributed by atoms with Crippen LogP contribution in [0.3, 0.4) is 0 Å². The molecule has 0 atom stereocenters. The Morgan fingerprint density at radius 3 is 1.46 bits per heavy atom. The second-order valence-corrected chi connectivity index (χ2v) is 12.6. The van der Waals surface area contributed by atoms with Crippen LogP contribution >= 0.6 is 0 Å². The standard InChI is InChI=1S/C33H40NO/c1-31(2,3)28-20-25(21-29(35-28)32(4,5)6)27-22-26(23-16-12-10-13-17-23)30(34(27)33(7,8)9)24-18-14-11-15-19-24/h10-22H,1-9H3/q+1. The van der Waals surface area contributed by atoms with Crippen LogP contribution in [-0.2, 0) is 4.74 Å². The van der Waals surface area contributed by atoms with E-state index in [2.05, 4.69) is 146 Å². The molecule has 2 aromatic rings. The average Bonchev–Trinajstić information content (AvgIpc) is 3.20. The molecule has 0 radical (unpaired) electrons. The lowest BCUT2D eigenvalue weighted by Crippen LogP contribution is -2.35. The summed E-state index contributed by atoms with van der Waals surface area (Å²) in [6.45, 7) is 20.2. The van der Waals surface area contributed by atoms with Crippen molar-refractivity contribution in [2.24, 2.45) is 10.8 Å². The Morgan fingerprint density at radius 1 is 0.571 bits per heavy atom. The van der Waals surface area contributed by atoms with Gasteiger partial charge in [0.05, 0.1) is 11.1 Å². The second kappa shape index (κ2) is 8.82. The molecule has 0 bridgehead atoms. The van der Waals surface area contributed by atoms with Gasteiger partial charge in [-0.25, -0.2) is 0 Å². The van der Waals surface area contributed by atoms with Crippen molar-refractivity contribution in [1.29, 1.82) is 0 Å². The molecule has 0 spiro atoms. The van der Waals surface area contributed by atoms with Crippen LogP contribution in [0, 0.1) is 10.8 Å². The summed E-state index contributed by atoms with van der Waals surface area (Å²) >= 11 is 0. The highest BCUT2D eigenvalue weighted by molar-refractivity contribution is 6.31. The zero-order valence-electron chi connectivity index (χ0n) is 22.9. The summed E-state index contributed by atoms with van der Waals surface area (Å²) in [7, 11) is 0. The first-order valence-corrected chi connectivity index (χ1v) is 12.6. The average molecular weight is 467 g/mol. The van der Waals surface area contributed by atoms with Crippen LogP contribution in [0.25, 0.3) is 5.57 Å². The van der Waals surface area contributed by atoms with Crippen molar-refractivity contribution in [2.75, 3.05) is 0 Å². The highest BCUT2D eigenvalue weighted by atomic mass is 16.5. The van der Waals surface area contributed by atoms with Crippen LogP contribution in [0.2, 0.25) is 0 Å². The topological polar surface area (TPSA) is 12.2 Å². The van der Waals surface area contributed by atoms with Gasteiger partial charge >= 0.3 is 0 Å². The predicted octanol–water partition coefficient (Wildman–Crippen LogP) is 8.53. The third kappa shape index (κ3) is 5.12. The molecule has 0 unspecified atom stereocenters. The van der Waals surface area contributed by atoms with Crippen molar-refractivity contribution in [3.8, 4) is 0 Å². The van der Waals surface area contributed by atoms with Crippen LogP contribution in [0.5, 0.6) is 0 Å². The van der Waals surface area contributed by atoms with Gasteiger partial charge in [-0.1, -0.05) is 90.1 Å². The normalized spacial score (nSPS) is 17.2. The summed E-state index contributed by atoms with van der Waals surface area (Å²) in [6.07, 6.45) is 6.86. The lowest BCUT2D eigenvalue weighted by atomic mass is 9.86. The van der Waals surface area contributed by atoms with Crippen LogP contribution in [-0.4, -0.2) is 15.8 Å². The van der Waals surface area contributed by atoms with Crippen LogP contribution < -0.4 is 0 Å². The number of ether oxygens (including phenoxy) is 1. The number of allylic oxidation sites excluding steroid dienone is 7. The highest BCUT2D eigenvalue weighted by Crippen LogP contribution is 2.42. The maximum atomic E-state index is 6.49. The molecule has 0 aromatic heterocycles. The Morgan fingerprint density at radius 2 is 1.03 bits per heavy atom. The third-order valence-electron chi connectivity index (χ3n) is 6.37. The lowest BCUT2D eigenvalue weighted by Gasteiger charge is -2.32. The maximum absolute atomic E-state index is 6.49. The van der Waals surface area contributed by atoms with Gasteiger partial charge < -0.3 is 4.74 Å². The first-order valence-electron chi connectivity index (χ1n) is 12.6. The number of nitrogens with zero attached hydrogens (tertiary/aromatic N) is 1. The Balaban J connectivity index is 2.11. The van der Waals surface area contributed by atoms with Crippen molar-refractivity contribution in [3.05, 3.63) is 113 Å². The van der Waals surface area contributed by atoms with Gasteiger partial charge in [-0.2, -0.15) is 4.58 Å². The molecule has 0 saturated heterocycles. The fourth-order valence-electron chi connectivity index (χ4n) is 4.53. The van der Waals surface area contributed by atoms with Gasteiger partial charge in [0.15, 0.2) is 5.54 Å². The number of hydrogen-bond donors (Lipinski definition) is 0. The van der Waals surface area contributed by atoms with Gasteiger partial charge in [-0.05, 0) is 29.8 Å². The zero-order chi connectivity index (χ0) is 25.6. The SMILES string of the molecule is CC(C)(C)C1=CC(=C2C=C(c3ccccc3)C(c3ccccc3)=[N+]2C(C)(C)C)C=C(C(C)(C)C)O1. The molecular formula is C33H40NO+. The van der Waals surface area contributed by atoms with E-state index in [9.17, 15) is 0 Å². The summed E-state index contributed by atoms with van der Waals surface area (Å²) in [4.78, 5) is 0. The number of rotatable bonds is 2. The minimum atomic E-state index is -0.135. The molecule has 0 saturated carbocycles. The van der Waals surface area contributed by atoms with Crippen molar-refractivity contribution in [3.63, 3.8) is 0 Å². The molecular weight excluding hydrogens is 426 g/mol. The largest absolute Gasteiger partial charge is 0.465 e. The van der Waals surface area contributed by atoms with E-state index < -0.39 is 0 Å². The summed E-state index contributed by atoms with van der Waals surface area (Å²) in [6, 6.07) is 21.5. The lowest BCUT2D eigenvalue weighted by molar-refractivity contribution is -0.544. The van der Waals surface area contributed by atoms with Gasteiger partial charge in [0.2, 0.25) is 11.4 Å². The van der Waals surface area contributed by atoms with Gasteiger partial charge in [-0.15, -0.1) is 0 Å².